The fraction of sp³-hybridized carbons (Fsp3) is 0.250. The van der Waals surface area contributed by atoms with Gasteiger partial charge in [-0.2, -0.15) is 18.3 Å². The van der Waals surface area contributed by atoms with Crippen molar-refractivity contribution in [2.75, 3.05) is 7.05 Å². The van der Waals surface area contributed by atoms with E-state index in [1.807, 2.05) is 0 Å². The van der Waals surface area contributed by atoms with Crippen LogP contribution in [0.5, 0.6) is 0 Å². The molecule has 2 aromatic rings. The average molecular weight is 291 g/mol. The Kier molecular flexibility index (Phi) is 3.76. The third kappa shape index (κ3) is 2.64. The van der Waals surface area contributed by atoms with Gasteiger partial charge in [-0.3, -0.25) is 0 Å². The van der Waals surface area contributed by atoms with Gasteiger partial charge in [0, 0.05) is 18.2 Å². The Balaban J connectivity index is 2.62. The Hall–Kier alpha value is -1.96. The van der Waals surface area contributed by atoms with Crippen LogP contribution in [0.25, 0.3) is 5.69 Å². The van der Waals surface area contributed by atoms with E-state index in [9.17, 15) is 22.0 Å². The molecule has 8 heteroatoms. The summed E-state index contributed by atoms with van der Waals surface area (Å²) in [4.78, 5) is 0. The van der Waals surface area contributed by atoms with Gasteiger partial charge in [0.25, 0.3) is 0 Å². The second-order valence-corrected chi connectivity index (χ2v) is 4.05. The summed E-state index contributed by atoms with van der Waals surface area (Å²) >= 11 is 0. The number of rotatable bonds is 3. The Bertz CT molecular complexity index is 618. The standard InChI is InChI=1S/C12H10F5N3/c1-18-5-7-6-19-20(11(7)12(15,16)17)10-3-2-8(13)4-9(10)14/h2-4,6,18H,5H2,1H3. The molecule has 0 spiro atoms. The number of hydrogen-bond acceptors (Lipinski definition) is 2. The van der Waals surface area contributed by atoms with Gasteiger partial charge in [-0.05, 0) is 19.2 Å². The molecule has 0 aliphatic carbocycles. The maximum atomic E-state index is 13.6. The zero-order valence-corrected chi connectivity index (χ0v) is 10.3. The molecule has 2 rings (SSSR count). The predicted molar refractivity (Wildman–Crippen MR) is 61.2 cm³/mol. The maximum Gasteiger partial charge on any atom is 0.433 e. The van der Waals surface area contributed by atoms with Gasteiger partial charge < -0.3 is 5.32 Å². The molecule has 0 aliphatic rings. The molecule has 0 atom stereocenters. The molecule has 0 bridgehead atoms. The lowest BCUT2D eigenvalue weighted by Crippen LogP contribution is -2.18. The van der Waals surface area contributed by atoms with E-state index in [-0.39, 0.29) is 12.1 Å². The summed E-state index contributed by atoms with van der Waals surface area (Å²) in [5.74, 6) is -1.99. The minimum atomic E-state index is -4.70. The smallest absolute Gasteiger partial charge is 0.316 e. The van der Waals surface area contributed by atoms with Crippen molar-refractivity contribution in [3.05, 3.63) is 47.3 Å². The van der Waals surface area contributed by atoms with Crippen LogP contribution >= 0.6 is 0 Å². The molecule has 0 fully saturated rings. The Morgan fingerprint density at radius 3 is 2.50 bits per heavy atom. The lowest BCUT2D eigenvalue weighted by molar-refractivity contribution is -0.143. The first-order chi connectivity index (χ1) is 9.34. The average Bonchev–Trinajstić information content (AvgIpc) is 2.73. The molecule has 0 radical (unpaired) electrons. The minimum Gasteiger partial charge on any atom is -0.316 e. The van der Waals surface area contributed by atoms with Gasteiger partial charge >= 0.3 is 6.18 Å². The molecular formula is C12H10F5N3. The molecule has 20 heavy (non-hydrogen) atoms. The van der Waals surface area contributed by atoms with E-state index in [0.717, 1.165) is 18.3 Å². The van der Waals surface area contributed by atoms with E-state index in [0.29, 0.717) is 10.7 Å². The number of halogens is 5. The van der Waals surface area contributed by atoms with Gasteiger partial charge in [0.15, 0.2) is 11.5 Å². The van der Waals surface area contributed by atoms with Crippen LogP contribution in [0.15, 0.2) is 24.4 Å². The first-order valence-corrected chi connectivity index (χ1v) is 5.58. The summed E-state index contributed by atoms with van der Waals surface area (Å²) in [6, 6.07) is 2.29. The zero-order chi connectivity index (χ0) is 14.9. The van der Waals surface area contributed by atoms with E-state index < -0.39 is 29.2 Å². The highest BCUT2D eigenvalue weighted by Crippen LogP contribution is 2.34. The highest BCUT2D eigenvalue weighted by molar-refractivity contribution is 5.37. The predicted octanol–water partition coefficient (Wildman–Crippen LogP) is 2.89. The maximum absolute atomic E-state index is 13.6. The van der Waals surface area contributed by atoms with Crippen LogP contribution < -0.4 is 5.32 Å². The molecule has 1 heterocycles. The summed E-state index contributed by atoms with van der Waals surface area (Å²) in [5, 5.41) is 6.13. The van der Waals surface area contributed by atoms with Gasteiger partial charge in [-0.15, -0.1) is 0 Å². The molecule has 0 aliphatic heterocycles. The zero-order valence-electron chi connectivity index (χ0n) is 10.3. The number of alkyl halides is 3. The largest absolute Gasteiger partial charge is 0.433 e. The highest BCUT2D eigenvalue weighted by Gasteiger charge is 2.38. The van der Waals surface area contributed by atoms with Gasteiger partial charge in [0.05, 0.1) is 6.20 Å². The van der Waals surface area contributed by atoms with Crippen LogP contribution in [0.2, 0.25) is 0 Å². The van der Waals surface area contributed by atoms with Gasteiger partial charge in [0.2, 0.25) is 0 Å². The second kappa shape index (κ2) is 5.20. The number of aromatic nitrogens is 2. The molecule has 1 aromatic heterocycles. The third-order valence-corrected chi connectivity index (χ3v) is 2.62. The molecule has 0 unspecified atom stereocenters. The monoisotopic (exact) mass is 291 g/mol. The van der Waals surface area contributed by atoms with Gasteiger partial charge in [-0.25, -0.2) is 13.5 Å². The van der Waals surface area contributed by atoms with Gasteiger partial charge in [0.1, 0.15) is 11.5 Å². The Morgan fingerprint density at radius 1 is 1.25 bits per heavy atom. The summed E-state index contributed by atoms with van der Waals surface area (Å²) in [5.41, 5.74) is -1.66. The van der Waals surface area contributed by atoms with Crippen molar-refractivity contribution < 1.29 is 22.0 Å². The Labute approximate surface area is 111 Å². The SMILES string of the molecule is CNCc1cnn(-c2ccc(F)cc2F)c1C(F)(F)F. The highest BCUT2D eigenvalue weighted by atomic mass is 19.4. The molecule has 0 saturated carbocycles. The number of benzene rings is 1. The van der Waals surface area contributed by atoms with E-state index in [4.69, 9.17) is 0 Å². The third-order valence-electron chi connectivity index (χ3n) is 2.62. The summed E-state index contributed by atoms with van der Waals surface area (Å²) in [7, 11) is 1.48. The quantitative estimate of drug-likeness (QED) is 0.881. The summed E-state index contributed by atoms with van der Waals surface area (Å²) in [6.07, 6.45) is -3.70. The first-order valence-electron chi connectivity index (χ1n) is 5.58. The van der Waals surface area contributed by atoms with Crippen LogP contribution in [-0.2, 0) is 12.7 Å². The minimum absolute atomic E-state index is 0.0718. The molecule has 3 nitrogen and oxygen atoms in total. The fourth-order valence-electron chi connectivity index (χ4n) is 1.84. The van der Waals surface area contributed by atoms with Crippen LogP contribution in [0.4, 0.5) is 22.0 Å². The topological polar surface area (TPSA) is 29.9 Å². The van der Waals surface area contributed by atoms with Crippen molar-refractivity contribution in [3.8, 4) is 5.69 Å². The lowest BCUT2D eigenvalue weighted by Gasteiger charge is -2.13. The van der Waals surface area contributed by atoms with Crippen molar-refractivity contribution in [1.29, 1.82) is 0 Å². The van der Waals surface area contributed by atoms with Crippen molar-refractivity contribution in [3.63, 3.8) is 0 Å². The normalized spacial score (nSPS) is 11.9. The van der Waals surface area contributed by atoms with Crippen LogP contribution in [-0.4, -0.2) is 16.8 Å². The van der Waals surface area contributed by atoms with Crippen molar-refractivity contribution in [1.82, 2.24) is 15.1 Å². The molecular weight excluding hydrogens is 281 g/mol. The van der Waals surface area contributed by atoms with Crippen molar-refractivity contribution in [2.45, 2.75) is 12.7 Å². The van der Waals surface area contributed by atoms with Gasteiger partial charge in [-0.1, -0.05) is 0 Å². The van der Waals surface area contributed by atoms with E-state index in [1.165, 1.54) is 7.05 Å². The van der Waals surface area contributed by atoms with Crippen LogP contribution in [0, 0.1) is 11.6 Å². The van der Waals surface area contributed by atoms with E-state index in [1.54, 1.807) is 0 Å². The summed E-state index contributed by atoms with van der Waals surface area (Å²) in [6.45, 7) is -0.0718. The summed E-state index contributed by atoms with van der Waals surface area (Å²) < 4.78 is 66.1. The molecule has 1 aromatic carbocycles. The molecule has 108 valence electrons. The van der Waals surface area contributed by atoms with Crippen LogP contribution in [0.1, 0.15) is 11.3 Å². The van der Waals surface area contributed by atoms with E-state index >= 15 is 0 Å². The van der Waals surface area contributed by atoms with Crippen molar-refractivity contribution >= 4 is 0 Å². The van der Waals surface area contributed by atoms with Crippen molar-refractivity contribution in [2.24, 2.45) is 0 Å². The molecule has 1 N–H and O–H groups in total. The number of hydrogen-bond donors (Lipinski definition) is 1. The van der Waals surface area contributed by atoms with Crippen LogP contribution in [0.3, 0.4) is 0 Å². The lowest BCUT2D eigenvalue weighted by atomic mass is 10.2. The second-order valence-electron chi connectivity index (χ2n) is 4.05. The molecule has 0 saturated heterocycles. The first kappa shape index (κ1) is 14.4. The number of nitrogens with one attached hydrogen (secondary N) is 1. The number of nitrogens with zero attached hydrogens (tertiary/aromatic N) is 2. The fourth-order valence-corrected chi connectivity index (χ4v) is 1.84. The Morgan fingerprint density at radius 2 is 1.95 bits per heavy atom. The molecule has 0 amide bonds. The van der Waals surface area contributed by atoms with E-state index in [2.05, 4.69) is 10.4 Å².